The van der Waals surface area contributed by atoms with Gasteiger partial charge in [0.25, 0.3) is 0 Å². The van der Waals surface area contributed by atoms with E-state index < -0.39 is 9.84 Å². The van der Waals surface area contributed by atoms with Crippen LogP contribution in [0.15, 0.2) is 30.5 Å². The zero-order chi connectivity index (χ0) is 27.4. The van der Waals surface area contributed by atoms with Crippen molar-refractivity contribution in [3.05, 3.63) is 30.5 Å². The molecule has 0 atom stereocenters. The van der Waals surface area contributed by atoms with Crippen molar-refractivity contribution in [3.8, 4) is 17.1 Å². The normalized spacial score (nSPS) is 20.7. The molecule has 2 aromatic heterocycles. The highest BCUT2D eigenvalue weighted by Crippen LogP contribution is 2.32. The SMILES string of the molecule is CS(=O)(=O)CCCOc1cccc2c(-c3ccnc(NC4CCC(C(=O)N5CCC(O)CC5)CC4)n3)n[nH]c12. The quantitative estimate of drug-likeness (QED) is 0.338. The summed E-state index contributed by atoms with van der Waals surface area (Å²) < 4.78 is 28.6. The Kier molecular flexibility index (Phi) is 8.31. The molecular formula is C27H36N6O5S. The second-order valence-electron chi connectivity index (χ2n) is 10.6. The third kappa shape index (κ3) is 6.85. The molecule has 1 aliphatic carbocycles. The van der Waals surface area contributed by atoms with Gasteiger partial charge in [0.1, 0.15) is 26.8 Å². The Morgan fingerprint density at radius 2 is 1.92 bits per heavy atom. The molecule has 5 rings (SSSR count). The van der Waals surface area contributed by atoms with Gasteiger partial charge in [-0.05, 0) is 57.1 Å². The van der Waals surface area contributed by atoms with Crippen LogP contribution < -0.4 is 10.1 Å². The van der Waals surface area contributed by atoms with Gasteiger partial charge in [0.2, 0.25) is 11.9 Å². The Balaban J connectivity index is 1.19. The minimum Gasteiger partial charge on any atom is -0.491 e. The monoisotopic (exact) mass is 556 g/mol. The number of H-pyrrole nitrogens is 1. The number of ether oxygens (including phenoxy) is 1. The summed E-state index contributed by atoms with van der Waals surface area (Å²) in [6.07, 6.45) is 7.78. The second-order valence-corrected chi connectivity index (χ2v) is 12.9. The number of aromatic nitrogens is 4. The van der Waals surface area contributed by atoms with Crippen LogP contribution in [0.2, 0.25) is 0 Å². The van der Waals surface area contributed by atoms with Crippen LogP contribution in [0.25, 0.3) is 22.3 Å². The minimum absolute atomic E-state index is 0.0451. The van der Waals surface area contributed by atoms with Gasteiger partial charge in [-0.3, -0.25) is 9.89 Å². The number of benzene rings is 1. The molecule has 0 radical (unpaired) electrons. The number of carbonyl (C=O) groups is 1. The van der Waals surface area contributed by atoms with Gasteiger partial charge < -0.3 is 20.1 Å². The number of hydrogen-bond donors (Lipinski definition) is 3. The molecule has 2 aliphatic rings. The van der Waals surface area contributed by atoms with Crippen LogP contribution in [0.1, 0.15) is 44.9 Å². The van der Waals surface area contributed by atoms with E-state index in [1.807, 2.05) is 29.2 Å². The summed E-state index contributed by atoms with van der Waals surface area (Å²) in [7, 11) is -3.03. The summed E-state index contributed by atoms with van der Waals surface area (Å²) in [5, 5.41) is 21.5. The van der Waals surface area contributed by atoms with E-state index in [1.54, 1.807) is 6.20 Å². The van der Waals surface area contributed by atoms with Crippen molar-refractivity contribution in [2.24, 2.45) is 5.92 Å². The third-order valence-corrected chi connectivity index (χ3v) is 8.59. The average molecular weight is 557 g/mol. The predicted octanol–water partition coefficient (Wildman–Crippen LogP) is 2.79. The van der Waals surface area contributed by atoms with E-state index in [9.17, 15) is 18.3 Å². The van der Waals surface area contributed by atoms with Gasteiger partial charge in [-0.2, -0.15) is 5.10 Å². The number of rotatable bonds is 9. The number of fused-ring (bicyclic) bond motifs is 1. The van der Waals surface area contributed by atoms with Crippen molar-refractivity contribution >= 4 is 32.6 Å². The zero-order valence-corrected chi connectivity index (χ0v) is 23.0. The number of carbonyl (C=O) groups excluding carboxylic acids is 1. The van der Waals surface area contributed by atoms with E-state index in [1.165, 1.54) is 6.26 Å². The van der Waals surface area contributed by atoms with Crippen LogP contribution in [0.3, 0.4) is 0 Å². The molecule has 0 bridgehead atoms. The predicted molar refractivity (Wildman–Crippen MR) is 148 cm³/mol. The number of sulfone groups is 1. The van der Waals surface area contributed by atoms with Crippen molar-refractivity contribution in [3.63, 3.8) is 0 Å². The van der Waals surface area contributed by atoms with Gasteiger partial charge in [0.05, 0.1) is 24.2 Å². The summed E-state index contributed by atoms with van der Waals surface area (Å²) in [6.45, 7) is 1.59. The van der Waals surface area contributed by atoms with Crippen LogP contribution in [0.4, 0.5) is 5.95 Å². The summed E-state index contributed by atoms with van der Waals surface area (Å²) >= 11 is 0. The van der Waals surface area contributed by atoms with E-state index in [-0.39, 0.29) is 36.3 Å². The van der Waals surface area contributed by atoms with Crippen molar-refractivity contribution in [1.82, 2.24) is 25.1 Å². The molecule has 0 spiro atoms. The molecular weight excluding hydrogens is 520 g/mol. The highest BCUT2D eigenvalue weighted by molar-refractivity contribution is 7.90. The minimum atomic E-state index is -3.03. The molecule has 3 aromatic rings. The maximum atomic E-state index is 12.9. The van der Waals surface area contributed by atoms with E-state index in [2.05, 4.69) is 20.5 Å². The molecule has 1 aliphatic heterocycles. The summed E-state index contributed by atoms with van der Waals surface area (Å²) in [6, 6.07) is 7.64. The largest absolute Gasteiger partial charge is 0.491 e. The maximum absolute atomic E-state index is 12.9. The molecule has 1 aromatic carbocycles. The van der Waals surface area contributed by atoms with E-state index >= 15 is 0 Å². The zero-order valence-electron chi connectivity index (χ0n) is 22.2. The van der Waals surface area contributed by atoms with E-state index in [4.69, 9.17) is 9.72 Å². The summed E-state index contributed by atoms with van der Waals surface area (Å²) in [5.41, 5.74) is 2.08. The molecule has 1 saturated heterocycles. The van der Waals surface area contributed by atoms with Crippen LogP contribution in [0, 0.1) is 5.92 Å². The number of aliphatic hydroxyl groups is 1. The van der Waals surface area contributed by atoms with Crippen LogP contribution in [-0.4, -0.2) is 88.3 Å². The van der Waals surface area contributed by atoms with Crippen molar-refractivity contribution < 1.29 is 23.1 Å². The van der Waals surface area contributed by atoms with Crippen molar-refractivity contribution in [1.29, 1.82) is 0 Å². The van der Waals surface area contributed by atoms with Gasteiger partial charge in [-0.25, -0.2) is 18.4 Å². The highest BCUT2D eigenvalue weighted by Gasteiger charge is 2.31. The van der Waals surface area contributed by atoms with Gasteiger partial charge in [-0.15, -0.1) is 0 Å². The molecule has 2 fully saturated rings. The summed E-state index contributed by atoms with van der Waals surface area (Å²) in [4.78, 5) is 23.9. The topological polar surface area (TPSA) is 150 Å². The molecule has 12 heteroatoms. The molecule has 1 amide bonds. The number of piperidine rings is 1. The van der Waals surface area contributed by atoms with Crippen LogP contribution in [0.5, 0.6) is 5.75 Å². The molecule has 210 valence electrons. The number of para-hydroxylation sites is 1. The van der Waals surface area contributed by atoms with Crippen LogP contribution >= 0.6 is 0 Å². The Morgan fingerprint density at radius 1 is 1.15 bits per heavy atom. The number of hydrogen-bond acceptors (Lipinski definition) is 9. The molecule has 39 heavy (non-hydrogen) atoms. The third-order valence-electron chi connectivity index (χ3n) is 7.56. The fourth-order valence-corrected chi connectivity index (χ4v) is 6.05. The number of aliphatic hydroxyl groups excluding tert-OH is 1. The van der Waals surface area contributed by atoms with Crippen molar-refractivity contribution in [2.45, 2.75) is 57.1 Å². The number of aromatic amines is 1. The highest BCUT2D eigenvalue weighted by atomic mass is 32.2. The van der Waals surface area contributed by atoms with Gasteiger partial charge in [0, 0.05) is 42.9 Å². The lowest BCUT2D eigenvalue weighted by atomic mass is 9.85. The summed E-state index contributed by atoms with van der Waals surface area (Å²) in [5.74, 6) is 1.48. The first kappa shape index (κ1) is 27.3. The first-order valence-electron chi connectivity index (χ1n) is 13.6. The lowest BCUT2D eigenvalue weighted by molar-refractivity contribution is -0.138. The smallest absolute Gasteiger partial charge is 0.225 e. The van der Waals surface area contributed by atoms with Crippen LogP contribution in [-0.2, 0) is 14.6 Å². The van der Waals surface area contributed by atoms with Gasteiger partial charge in [-0.1, -0.05) is 12.1 Å². The second kappa shape index (κ2) is 11.9. The number of nitrogens with zero attached hydrogens (tertiary/aromatic N) is 4. The number of anilines is 1. The number of nitrogens with one attached hydrogen (secondary N) is 2. The molecule has 1 saturated carbocycles. The fourth-order valence-electron chi connectivity index (χ4n) is 5.41. The first-order valence-corrected chi connectivity index (χ1v) is 15.7. The number of amides is 1. The Labute approximate surface area is 228 Å². The Bertz CT molecular complexity index is 1390. The van der Waals surface area contributed by atoms with Gasteiger partial charge in [0.15, 0.2) is 0 Å². The number of likely N-dealkylation sites (tertiary alicyclic amines) is 1. The fraction of sp³-hybridized carbons (Fsp3) is 0.556. The first-order chi connectivity index (χ1) is 18.8. The average Bonchev–Trinajstić information content (AvgIpc) is 3.36. The maximum Gasteiger partial charge on any atom is 0.225 e. The molecule has 3 N–H and O–H groups in total. The molecule has 3 heterocycles. The Hall–Kier alpha value is -3.25. The van der Waals surface area contributed by atoms with Gasteiger partial charge >= 0.3 is 0 Å². The van der Waals surface area contributed by atoms with E-state index in [0.717, 1.165) is 36.6 Å². The van der Waals surface area contributed by atoms with E-state index in [0.29, 0.717) is 55.4 Å². The standard InChI is InChI=1S/C27H36N6O5S/c1-39(36,37)17-3-16-38-23-5-2-4-21-24(31-32-25(21)23)22-10-13-28-27(30-22)29-19-8-6-18(7-9-19)26(35)33-14-11-20(34)12-15-33/h2,4-5,10,13,18-20,34H,3,6-9,11-12,14-17H2,1H3,(H,31,32)(H,28,29,30). The van der Waals surface area contributed by atoms with Crippen molar-refractivity contribution in [2.75, 3.05) is 37.0 Å². The molecule has 11 nitrogen and oxygen atoms in total. The lowest BCUT2D eigenvalue weighted by Crippen LogP contribution is -2.44. The molecule has 0 unspecified atom stereocenters. The lowest BCUT2D eigenvalue weighted by Gasteiger charge is -2.35. The Morgan fingerprint density at radius 3 is 2.67 bits per heavy atom.